The minimum absolute atomic E-state index is 0.157. The maximum atomic E-state index is 11.8. The topological polar surface area (TPSA) is 52.6 Å². The molecule has 0 bridgehead atoms. The Morgan fingerprint density at radius 2 is 1.11 bits per heavy atom. The quantitative estimate of drug-likeness (QED) is 0.112. The molecule has 8 heteroatoms. The van der Waals surface area contributed by atoms with Crippen molar-refractivity contribution in [3.63, 3.8) is 0 Å². The van der Waals surface area contributed by atoms with Gasteiger partial charge in [-0.2, -0.15) is 0 Å². The molecule has 0 N–H and O–H groups in total. The summed E-state index contributed by atoms with van der Waals surface area (Å²) < 4.78 is 10.7. The average Bonchev–Trinajstić information content (AvgIpc) is 2.70. The van der Waals surface area contributed by atoms with Crippen LogP contribution in [-0.2, 0) is 19.1 Å². The molecule has 0 spiro atoms. The standard InChI is InChI=1S/C20H38O4S4/c1-5-9-11-17(7-3)13-23-19(21)15-25-27-28-26-16-20(22)24-14-18(8-4)12-10-6-2/h17-18H,5-16H2,1-4H3. The zero-order valence-corrected chi connectivity index (χ0v) is 21.2. The molecule has 0 heterocycles. The first kappa shape index (κ1) is 28.3. The highest BCUT2D eigenvalue weighted by Gasteiger charge is 2.12. The third-order valence-corrected chi connectivity index (χ3v) is 10.7. The molecule has 0 radical (unpaired) electrons. The molecule has 0 amide bonds. The van der Waals surface area contributed by atoms with Gasteiger partial charge in [0.15, 0.2) is 0 Å². The van der Waals surface area contributed by atoms with Crippen molar-refractivity contribution in [2.45, 2.75) is 79.1 Å². The van der Waals surface area contributed by atoms with Crippen LogP contribution in [0.3, 0.4) is 0 Å². The van der Waals surface area contributed by atoms with Crippen LogP contribution in [0.1, 0.15) is 79.1 Å². The van der Waals surface area contributed by atoms with E-state index >= 15 is 0 Å². The van der Waals surface area contributed by atoms with Crippen LogP contribution in [0.25, 0.3) is 0 Å². The summed E-state index contributed by atoms with van der Waals surface area (Å²) >= 11 is 0. The summed E-state index contributed by atoms with van der Waals surface area (Å²) in [7, 11) is 5.92. The molecule has 0 aromatic carbocycles. The van der Waals surface area contributed by atoms with Crippen molar-refractivity contribution in [1.29, 1.82) is 0 Å². The lowest BCUT2D eigenvalue weighted by Gasteiger charge is -2.14. The lowest BCUT2D eigenvalue weighted by molar-refractivity contribution is -0.142. The van der Waals surface area contributed by atoms with E-state index < -0.39 is 0 Å². The summed E-state index contributed by atoms with van der Waals surface area (Å²) in [6.45, 7) is 9.71. The van der Waals surface area contributed by atoms with E-state index in [-0.39, 0.29) is 11.9 Å². The summed E-state index contributed by atoms with van der Waals surface area (Å²) in [5.74, 6) is 1.31. The van der Waals surface area contributed by atoms with Gasteiger partial charge in [0, 0.05) is 0 Å². The first-order valence-corrected chi connectivity index (χ1v) is 15.6. The Balaban J connectivity index is 3.63. The van der Waals surface area contributed by atoms with E-state index in [0.29, 0.717) is 36.6 Å². The predicted molar refractivity (Wildman–Crippen MR) is 129 cm³/mol. The molecule has 0 saturated heterocycles. The fourth-order valence-corrected chi connectivity index (χ4v) is 7.81. The Kier molecular flexibility index (Phi) is 20.9. The van der Waals surface area contributed by atoms with E-state index in [4.69, 9.17) is 9.47 Å². The first-order chi connectivity index (χ1) is 13.6. The Morgan fingerprint density at radius 1 is 0.714 bits per heavy atom. The van der Waals surface area contributed by atoms with Crippen molar-refractivity contribution >= 4 is 53.2 Å². The van der Waals surface area contributed by atoms with Crippen molar-refractivity contribution in [3.8, 4) is 0 Å². The Hall–Kier alpha value is 0.340. The van der Waals surface area contributed by atoms with Crippen LogP contribution in [0.4, 0.5) is 0 Å². The van der Waals surface area contributed by atoms with E-state index in [9.17, 15) is 9.59 Å². The van der Waals surface area contributed by atoms with E-state index in [1.807, 2.05) is 0 Å². The summed E-state index contributed by atoms with van der Waals surface area (Å²) in [4.78, 5) is 23.6. The molecule has 166 valence electrons. The lowest BCUT2D eigenvalue weighted by atomic mass is 10.0. The second-order valence-corrected chi connectivity index (χ2v) is 12.9. The second kappa shape index (κ2) is 20.6. The fraction of sp³-hybridized carbons (Fsp3) is 0.900. The summed E-state index contributed by atoms with van der Waals surface area (Å²) in [5, 5.41) is 0. The van der Waals surface area contributed by atoms with E-state index in [1.54, 1.807) is 0 Å². The minimum atomic E-state index is -0.157. The molecular formula is C20H38O4S4. The number of rotatable bonds is 19. The predicted octanol–water partition coefficient (Wildman–Crippen LogP) is 7.18. The van der Waals surface area contributed by atoms with Gasteiger partial charge in [-0.25, -0.2) is 0 Å². The average molecular weight is 471 g/mol. The lowest BCUT2D eigenvalue weighted by Crippen LogP contribution is -2.15. The number of ether oxygens (including phenoxy) is 2. The number of hydrogen-bond donors (Lipinski definition) is 0. The van der Waals surface area contributed by atoms with Gasteiger partial charge >= 0.3 is 11.9 Å². The number of unbranched alkanes of at least 4 members (excludes halogenated alkanes) is 2. The van der Waals surface area contributed by atoms with Crippen molar-refractivity contribution in [2.75, 3.05) is 24.7 Å². The monoisotopic (exact) mass is 470 g/mol. The van der Waals surface area contributed by atoms with Crippen LogP contribution in [0.2, 0.25) is 0 Å². The first-order valence-electron chi connectivity index (χ1n) is 10.5. The molecule has 4 nitrogen and oxygen atoms in total. The van der Waals surface area contributed by atoms with Gasteiger partial charge in [0.1, 0.15) is 11.5 Å². The van der Waals surface area contributed by atoms with Crippen molar-refractivity contribution in [1.82, 2.24) is 0 Å². The number of esters is 2. The minimum Gasteiger partial charge on any atom is -0.465 e. The zero-order chi connectivity index (χ0) is 21.0. The highest BCUT2D eigenvalue weighted by atomic mass is 33.7. The van der Waals surface area contributed by atoms with E-state index in [0.717, 1.165) is 25.7 Å². The molecule has 0 fully saturated rings. The van der Waals surface area contributed by atoms with Gasteiger partial charge in [-0.05, 0) is 44.3 Å². The van der Waals surface area contributed by atoms with Gasteiger partial charge in [-0.1, -0.05) is 87.8 Å². The van der Waals surface area contributed by atoms with Crippen LogP contribution in [0.15, 0.2) is 0 Å². The summed E-state index contributed by atoms with van der Waals surface area (Å²) in [5.41, 5.74) is 0. The summed E-state index contributed by atoms with van der Waals surface area (Å²) in [6, 6.07) is 0. The maximum Gasteiger partial charge on any atom is 0.316 e. The molecule has 0 aromatic rings. The molecule has 0 aromatic heterocycles. The van der Waals surface area contributed by atoms with Crippen LogP contribution in [0.5, 0.6) is 0 Å². The normalized spacial score (nSPS) is 13.1. The molecular weight excluding hydrogens is 432 g/mol. The molecule has 0 saturated carbocycles. The second-order valence-electron chi connectivity index (χ2n) is 6.86. The highest BCUT2D eigenvalue weighted by Crippen LogP contribution is 2.42. The summed E-state index contributed by atoms with van der Waals surface area (Å²) in [6.07, 6.45) is 9.09. The molecule has 28 heavy (non-hydrogen) atoms. The van der Waals surface area contributed by atoms with Gasteiger partial charge in [-0.15, -0.1) is 0 Å². The Labute approximate surface area is 187 Å². The van der Waals surface area contributed by atoms with Crippen molar-refractivity contribution in [2.24, 2.45) is 11.8 Å². The molecule has 0 aliphatic carbocycles. The van der Waals surface area contributed by atoms with Gasteiger partial charge in [0.25, 0.3) is 0 Å². The van der Waals surface area contributed by atoms with Crippen molar-refractivity contribution in [3.05, 3.63) is 0 Å². The highest BCUT2D eigenvalue weighted by molar-refractivity contribution is 9.26. The molecule has 0 rings (SSSR count). The third-order valence-electron chi connectivity index (χ3n) is 4.52. The van der Waals surface area contributed by atoms with Gasteiger partial charge < -0.3 is 9.47 Å². The number of hydrogen-bond acceptors (Lipinski definition) is 8. The third kappa shape index (κ3) is 17.2. The van der Waals surface area contributed by atoms with Gasteiger partial charge in [0.05, 0.1) is 13.2 Å². The Morgan fingerprint density at radius 3 is 1.43 bits per heavy atom. The SMILES string of the molecule is CCCCC(CC)COC(=O)CSSSSCC(=O)OCC(CC)CCCC. The molecule has 0 aliphatic rings. The van der Waals surface area contributed by atoms with Crippen LogP contribution in [-0.4, -0.2) is 36.7 Å². The number of carbonyl (C=O) groups excluding carboxylic acids is 2. The largest absolute Gasteiger partial charge is 0.465 e. The zero-order valence-electron chi connectivity index (χ0n) is 17.9. The van der Waals surface area contributed by atoms with Gasteiger partial charge in [-0.3, -0.25) is 9.59 Å². The smallest absolute Gasteiger partial charge is 0.316 e. The van der Waals surface area contributed by atoms with E-state index in [1.165, 1.54) is 66.9 Å². The molecule has 2 atom stereocenters. The van der Waals surface area contributed by atoms with Crippen LogP contribution < -0.4 is 0 Å². The van der Waals surface area contributed by atoms with Crippen LogP contribution >= 0.6 is 41.2 Å². The van der Waals surface area contributed by atoms with Crippen molar-refractivity contribution < 1.29 is 19.1 Å². The number of carbonyl (C=O) groups is 2. The Bertz CT molecular complexity index is 360. The molecule has 0 aliphatic heterocycles. The fourth-order valence-electron chi connectivity index (χ4n) is 2.48. The van der Waals surface area contributed by atoms with Gasteiger partial charge in [0.2, 0.25) is 0 Å². The van der Waals surface area contributed by atoms with E-state index in [2.05, 4.69) is 27.7 Å². The molecule has 2 unspecified atom stereocenters. The van der Waals surface area contributed by atoms with Crippen LogP contribution in [0, 0.1) is 11.8 Å². The maximum absolute atomic E-state index is 11.8.